The predicted octanol–water partition coefficient (Wildman–Crippen LogP) is 4.05. The number of aryl methyl sites for hydroxylation is 2. The Bertz CT molecular complexity index is 822. The Balaban J connectivity index is 1.23. The predicted molar refractivity (Wildman–Crippen MR) is 104 cm³/mol. The smallest absolute Gasteiger partial charge is 0.267 e. The number of anilines is 1. The molecule has 1 N–H and O–H groups in total. The highest BCUT2D eigenvalue weighted by atomic mass is 32.1. The molecule has 0 unspecified atom stereocenters. The molecule has 5 nitrogen and oxygen atoms in total. The summed E-state index contributed by atoms with van der Waals surface area (Å²) < 4.78 is 1.77. The average Bonchev–Trinajstić information content (AvgIpc) is 3.43. The summed E-state index contributed by atoms with van der Waals surface area (Å²) >= 11 is 1.85. The fourth-order valence-electron chi connectivity index (χ4n) is 4.35. The normalized spacial score (nSPS) is 25.7. The summed E-state index contributed by atoms with van der Waals surface area (Å²) in [4.78, 5) is 18.6. The quantitative estimate of drug-likeness (QED) is 0.882. The number of thiazole rings is 1. The molecule has 3 aliphatic carbocycles. The van der Waals surface area contributed by atoms with Crippen LogP contribution < -0.4 is 10.9 Å². The van der Waals surface area contributed by atoms with E-state index in [0.717, 1.165) is 42.9 Å². The van der Waals surface area contributed by atoms with Crippen molar-refractivity contribution in [3.63, 3.8) is 0 Å². The minimum absolute atomic E-state index is 0.0541. The second kappa shape index (κ2) is 6.80. The lowest BCUT2D eigenvalue weighted by molar-refractivity contribution is 0.301. The van der Waals surface area contributed by atoms with Gasteiger partial charge < -0.3 is 5.32 Å². The summed E-state index contributed by atoms with van der Waals surface area (Å²) in [6.07, 6.45) is 11.6. The summed E-state index contributed by atoms with van der Waals surface area (Å²) in [6, 6.07) is 4.36. The molecule has 0 bridgehead atoms. The largest absolute Gasteiger partial charge is 0.359 e. The molecule has 3 aliphatic rings. The zero-order chi connectivity index (χ0) is 17.5. The molecule has 2 saturated carbocycles. The van der Waals surface area contributed by atoms with Crippen LogP contribution in [0.1, 0.15) is 79.6 Å². The molecule has 0 saturated heterocycles. The van der Waals surface area contributed by atoms with Crippen molar-refractivity contribution in [1.29, 1.82) is 0 Å². The van der Waals surface area contributed by atoms with Crippen molar-refractivity contribution in [3.05, 3.63) is 38.8 Å². The third-order valence-electron chi connectivity index (χ3n) is 6.06. The number of aromatic nitrogens is 3. The van der Waals surface area contributed by atoms with Crippen LogP contribution in [0.25, 0.3) is 0 Å². The molecule has 2 aromatic rings. The first kappa shape index (κ1) is 16.5. The van der Waals surface area contributed by atoms with E-state index in [1.165, 1.54) is 42.7 Å². The van der Waals surface area contributed by atoms with E-state index in [9.17, 15) is 4.79 Å². The lowest BCUT2D eigenvalue weighted by Gasteiger charge is -2.29. The molecule has 0 spiro atoms. The van der Waals surface area contributed by atoms with E-state index < -0.39 is 0 Å². The molecule has 0 radical (unpaired) electrons. The fourth-order valence-corrected chi connectivity index (χ4v) is 5.48. The highest BCUT2D eigenvalue weighted by Crippen LogP contribution is 2.39. The summed E-state index contributed by atoms with van der Waals surface area (Å²) in [5, 5.41) is 9.45. The maximum Gasteiger partial charge on any atom is 0.267 e. The molecule has 138 valence electrons. The topological polar surface area (TPSA) is 59.8 Å². The first-order valence-electron chi connectivity index (χ1n) is 10.1. The van der Waals surface area contributed by atoms with Crippen LogP contribution in [-0.2, 0) is 12.8 Å². The van der Waals surface area contributed by atoms with E-state index in [-0.39, 0.29) is 11.6 Å². The van der Waals surface area contributed by atoms with Gasteiger partial charge in [0.25, 0.3) is 5.56 Å². The molecule has 2 fully saturated rings. The van der Waals surface area contributed by atoms with Gasteiger partial charge in [0.2, 0.25) is 0 Å². The highest BCUT2D eigenvalue weighted by Gasteiger charge is 2.28. The van der Waals surface area contributed by atoms with E-state index in [1.807, 2.05) is 17.4 Å². The van der Waals surface area contributed by atoms with E-state index >= 15 is 0 Å². The average molecular weight is 371 g/mol. The lowest BCUT2D eigenvalue weighted by atomic mass is 9.91. The third-order valence-corrected chi connectivity index (χ3v) is 7.15. The van der Waals surface area contributed by atoms with Crippen molar-refractivity contribution in [2.45, 2.75) is 82.2 Å². The molecule has 6 heteroatoms. The van der Waals surface area contributed by atoms with Gasteiger partial charge in [0, 0.05) is 22.9 Å². The molecule has 5 rings (SSSR count). The minimum Gasteiger partial charge on any atom is -0.359 e. The lowest BCUT2D eigenvalue weighted by Crippen LogP contribution is -2.33. The van der Waals surface area contributed by atoms with Crippen LogP contribution in [0.15, 0.2) is 16.9 Å². The van der Waals surface area contributed by atoms with Crippen molar-refractivity contribution in [3.8, 4) is 0 Å². The van der Waals surface area contributed by atoms with Gasteiger partial charge in [0.05, 0.1) is 17.4 Å². The van der Waals surface area contributed by atoms with Crippen molar-refractivity contribution in [2.24, 2.45) is 0 Å². The van der Waals surface area contributed by atoms with Crippen LogP contribution in [-0.4, -0.2) is 20.8 Å². The molecule has 2 aromatic heterocycles. The Morgan fingerprint density at radius 3 is 2.62 bits per heavy atom. The van der Waals surface area contributed by atoms with Gasteiger partial charge in [-0.15, -0.1) is 11.3 Å². The Hall–Kier alpha value is -1.69. The monoisotopic (exact) mass is 370 g/mol. The molecule has 0 aliphatic heterocycles. The molecular weight excluding hydrogens is 344 g/mol. The fraction of sp³-hybridized carbons (Fsp3) is 0.650. The SMILES string of the molecule is O=c1ccc(C2CC2)nn1C1CCC(Nc2nc3c(s2)CCCC3)CC1. The second-order valence-corrected chi connectivity index (χ2v) is 9.14. The Morgan fingerprint density at radius 2 is 1.85 bits per heavy atom. The first-order valence-corrected chi connectivity index (χ1v) is 10.9. The number of hydrogen-bond acceptors (Lipinski definition) is 5. The number of rotatable bonds is 4. The molecule has 0 aromatic carbocycles. The Kier molecular flexibility index (Phi) is 4.31. The van der Waals surface area contributed by atoms with Gasteiger partial charge in [-0.3, -0.25) is 4.79 Å². The standard InChI is InChI=1S/C20H26N4OS/c25-19-12-11-16(13-5-6-13)23-24(19)15-9-7-14(8-10-15)21-20-22-17-3-1-2-4-18(17)26-20/h11-15H,1-10H2,(H,21,22). The van der Waals surface area contributed by atoms with Crippen LogP contribution in [0.5, 0.6) is 0 Å². The van der Waals surface area contributed by atoms with Gasteiger partial charge >= 0.3 is 0 Å². The third kappa shape index (κ3) is 3.31. The number of fused-ring (bicyclic) bond motifs is 1. The van der Waals surface area contributed by atoms with Gasteiger partial charge in [-0.05, 0) is 70.3 Å². The van der Waals surface area contributed by atoms with Crippen molar-refractivity contribution >= 4 is 16.5 Å². The van der Waals surface area contributed by atoms with Gasteiger partial charge in [0.15, 0.2) is 5.13 Å². The molecule has 26 heavy (non-hydrogen) atoms. The van der Waals surface area contributed by atoms with E-state index in [4.69, 9.17) is 4.98 Å². The van der Waals surface area contributed by atoms with Gasteiger partial charge in [-0.25, -0.2) is 9.67 Å². The zero-order valence-electron chi connectivity index (χ0n) is 15.1. The molecule has 0 amide bonds. The van der Waals surface area contributed by atoms with Crippen LogP contribution in [0.3, 0.4) is 0 Å². The van der Waals surface area contributed by atoms with Crippen molar-refractivity contribution in [1.82, 2.24) is 14.8 Å². The van der Waals surface area contributed by atoms with E-state index in [1.54, 1.807) is 10.7 Å². The van der Waals surface area contributed by atoms with E-state index in [2.05, 4.69) is 10.4 Å². The van der Waals surface area contributed by atoms with Crippen LogP contribution in [0.2, 0.25) is 0 Å². The number of nitrogens with one attached hydrogen (secondary N) is 1. The first-order chi connectivity index (χ1) is 12.8. The number of nitrogens with zero attached hydrogens (tertiary/aromatic N) is 3. The Labute approximate surface area is 157 Å². The second-order valence-electron chi connectivity index (χ2n) is 8.06. The maximum absolute atomic E-state index is 12.3. The van der Waals surface area contributed by atoms with Crippen molar-refractivity contribution < 1.29 is 0 Å². The summed E-state index contributed by atoms with van der Waals surface area (Å²) in [6.45, 7) is 0. The minimum atomic E-state index is 0.0541. The van der Waals surface area contributed by atoms with Gasteiger partial charge in [-0.2, -0.15) is 5.10 Å². The highest BCUT2D eigenvalue weighted by molar-refractivity contribution is 7.15. The summed E-state index contributed by atoms with van der Waals surface area (Å²) in [5.41, 5.74) is 2.49. The zero-order valence-corrected chi connectivity index (χ0v) is 15.9. The van der Waals surface area contributed by atoms with Crippen LogP contribution in [0.4, 0.5) is 5.13 Å². The van der Waals surface area contributed by atoms with E-state index in [0.29, 0.717) is 12.0 Å². The molecule has 2 heterocycles. The molecular formula is C20H26N4OS. The van der Waals surface area contributed by atoms with Crippen molar-refractivity contribution in [2.75, 3.05) is 5.32 Å². The number of hydrogen-bond donors (Lipinski definition) is 1. The summed E-state index contributed by atoms with van der Waals surface area (Å²) in [5.74, 6) is 0.593. The summed E-state index contributed by atoms with van der Waals surface area (Å²) in [7, 11) is 0. The Morgan fingerprint density at radius 1 is 1.04 bits per heavy atom. The maximum atomic E-state index is 12.3. The van der Waals surface area contributed by atoms with Gasteiger partial charge in [0.1, 0.15) is 0 Å². The van der Waals surface area contributed by atoms with Crippen LogP contribution in [0, 0.1) is 0 Å². The molecule has 0 atom stereocenters. The van der Waals surface area contributed by atoms with Crippen LogP contribution >= 0.6 is 11.3 Å². The van der Waals surface area contributed by atoms with Gasteiger partial charge in [-0.1, -0.05) is 0 Å².